The number of nitrogens with two attached hydrogens (primary N) is 1. The van der Waals surface area contributed by atoms with Crippen LogP contribution in [0.25, 0.3) is 0 Å². The number of allylic oxidation sites excluding steroid dienone is 1. The molecule has 1 unspecified atom stereocenters. The third-order valence-electron chi connectivity index (χ3n) is 5.65. The monoisotopic (exact) mass is 494 g/mol. The van der Waals surface area contributed by atoms with Crippen LogP contribution in [0.4, 0.5) is 15.8 Å². The Balaban J connectivity index is 2.33. The molecule has 0 amide bonds. The number of hydrogen-bond donors (Lipinski definition) is 2. The van der Waals surface area contributed by atoms with Crippen LogP contribution < -0.4 is 16.0 Å². The molecule has 0 spiro atoms. The fourth-order valence-corrected chi connectivity index (χ4v) is 4.04. The van der Waals surface area contributed by atoms with Gasteiger partial charge in [0.15, 0.2) is 0 Å². The van der Waals surface area contributed by atoms with Crippen LogP contribution in [0, 0.1) is 17.1 Å². The van der Waals surface area contributed by atoms with Crippen LogP contribution in [0.1, 0.15) is 17.9 Å². The van der Waals surface area contributed by atoms with Gasteiger partial charge < -0.3 is 25.3 Å². The normalized spacial score (nSPS) is 15.4. The summed E-state index contributed by atoms with van der Waals surface area (Å²) in [7, 11) is 3.89. The zero-order valence-electron chi connectivity index (χ0n) is 20.2. The van der Waals surface area contributed by atoms with Crippen LogP contribution in [0.5, 0.6) is 0 Å². The predicted octanol–water partition coefficient (Wildman–Crippen LogP) is 3.17. The average molecular weight is 495 g/mol. The SMILES string of the molecule is COCCCNc1ccc(F)cc1N1C(N)=C(C#N)C(c2ccccc2)C(C(=O)OC)=C1C(=O)OC. The maximum atomic E-state index is 14.5. The second kappa shape index (κ2) is 11.9. The highest BCUT2D eigenvalue weighted by molar-refractivity contribution is 6.07. The quantitative estimate of drug-likeness (QED) is 0.399. The number of nitrogens with zero attached hydrogens (tertiary/aromatic N) is 2. The summed E-state index contributed by atoms with van der Waals surface area (Å²) in [5.41, 5.74) is 7.12. The van der Waals surface area contributed by atoms with Crippen LogP contribution in [-0.4, -0.2) is 46.4 Å². The molecule has 10 heteroatoms. The highest BCUT2D eigenvalue weighted by atomic mass is 19.1. The van der Waals surface area contributed by atoms with Crippen LogP contribution in [0.3, 0.4) is 0 Å². The molecule has 0 saturated carbocycles. The Labute approximate surface area is 208 Å². The molecule has 0 saturated heterocycles. The van der Waals surface area contributed by atoms with Gasteiger partial charge in [-0.2, -0.15) is 5.26 Å². The Morgan fingerprint density at radius 1 is 1.11 bits per heavy atom. The van der Waals surface area contributed by atoms with E-state index in [9.17, 15) is 19.2 Å². The number of nitrogens with one attached hydrogen (secondary N) is 1. The first kappa shape index (κ1) is 26.2. The second-order valence-corrected chi connectivity index (χ2v) is 7.77. The zero-order chi connectivity index (χ0) is 26.2. The lowest BCUT2D eigenvalue weighted by atomic mass is 9.81. The minimum Gasteiger partial charge on any atom is -0.466 e. The Kier molecular flexibility index (Phi) is 8.65. The number of carbonyl (C=O) groups is 2. The van der Waals surface area contributed by atoms with Crippen molar-refractivity contribution in [3.63, 3.8) is 0 Å². The summed E-state index contributed by atoms with van der Waals surface area (Å²) in [6.07, 6.45) is 0.644. The highest BCUT2D eigenvalue weighted by Gasteiger charge is 2.43. The van der Waals surface area contributed by atoms with Crippen LogP contribution >= 0.6 is 0 Å². The molecule has 2 aromatic rings. The first-order chi connectivity index (χ1) is 17.4. The lowest BCUT2D eigenvalue weighted by Gasteiger charge is -2.36. The number of esters is 2. The van der Waals surface area contributed by atoms with Crippen molar-refractivity contribution in [3.05, 3.63) is 82.6 Å². The van der Waals surface area contributed by atoms with E-state index in [4.69, 9.17) is 19.9 Å². The molecule has 0 aromatic heterocycles. The maximum absolute atomic E-state index is 14.5. The Hall–Kier alpha value is -4.36. The van der Waals surface area contributed by atoms with Crippen molar-refractivity contribution in [1.82, 2.24) is 0 Å². The fourth-order valence-electron chi connectivity index (χ4n) is 4.04. The Morgan fingerprint density at radius 3 is 2.42 bits per heavy atom. The van der Waals surface area contributed by atoms with Crippen molar-refractivity contribution in [2.24, 2.45) is 5.73 Å². The molecule has 3 rings (SSSR count). The number of benzene rings is 2. The van der Waals surface area contributed by atoms with Crippen LogP contribution in [0.2, 0.25) is 0 Å². The van der Waals surface area contributed by atoms with Crippen molar-refractivity contribution in [2.75, 3.05) is 44.7 Å². The Bertz CT molecular complexity index is 1240. The second-order valence-electron chi connectivity index (χ2n) is 7.77. The van der Waals surface area contributed by atoms with E-state index in [0.717, 1.165) is 25.2 Å². The van der Waals surface area contributed by atoms with Crippen molar-refractivity contribution >= 4 is 23.3 Å². The maximum Gasteiger partial charge on any atom is 0.355 e. The number of anilines is 2. The summed E-state index contributed by atoms with van der Waals surface area (Å²) in [5.74, 6) is -3.55. The number of carbonyl (C=O) groups excluding carboxylic acids is 2. The van der Waals surface area contributed by atoms with Gasteiger partial charge in [-0.25, -0.2) is 14.0 Å². The van der Waals surface area contributed by atoms with Crippen LogP contribution in [-0.2, 0) is 23.8 Å². The van der Waals surface area contributed by atoms with Crippen molar-refractivity contribution in [2.45, 2.75) is 12.3 Å². The molecule has 1 aliphatic rings. The summed E-state index contributed by atoms with van der Waals surface area (Å²) < 4.78 is 29.6. The van der Waals surface area contributed by atoms with Crippen molar-refractivity contribution in [1.29, 1.82) is 5.26 Å². The summed E-state index contributed by atoms with van der Waals surface area (Å²) in [6.45, 7) is 0.954. The lowest BCUT2D eigenvalue weighted by molar-refractivity contribution is -0.139. The number of halogens is 1. The standard InChI is InChI=1S/C26H27FN4O5/c1-34-13-7-12-30-19-11-10-17(27)14-20(19)31-23(26(33)36-3)22(25(32)35-2)21(18(15-28)24(31)29)16-8-5-4-6-9-16/h4-6,8-11,14,21,30H,7,12-13,29H2,1-3H3. The van der Waals surface area contributed by atoms with E-state index >= 15 is 0 Å². The van der Waals surface area contributed by atoms with Gasteiger partial charge in [-0.1, -0.05) is 30.3 Å². The lowest BCUT2D eigenvalue weighted by Crippen LogP contribution is -2.41. The Morgan fingerprint density at radius 2 is 1.81 bits per heavy atom. The van der Waals surface area contributed by atoms with Gasteiger partial charge >= 0.3 is 11.9 Å². The van der Waals surface area contributed by atoms with Gasteiger partial charge in [0.2, 0.25) is 0 Å². The fraction of sp³-hybridized carbons (Fsp3) is 0.269. The van der Waals surface area contributed by atoms with Gasteiger partial charge in [0.05, 0.1) is 48.7 Å². The third kappa shape index (κ3) is 5.16. The predicted molar refractivity (Wildman–Crippen MR) is 131 cm³/mol. The average Bonchev–Trinajstić information content (AvgIpc) is 2.90. The van der Waals surface area contributed by atoms with Crippen molar-refractivity contribution in [3.8, 4) is 6.07 Å². The molecule has 0 fully saturated rings. The molecule has 0 bridgehead atoms. The third-order valence-corrected chi connectivity index (χ3v) is 5.65. The van der Waals surface area contributed by atoms with Gasteiger partial charge in [-0.15, -0.1) is 0 Å². The summed E-state index contributed by atoms with van der Waals surface area (Å²) in [6, 6.07) is 14.6. The molecule has 0 radical (unpaired) electrons. The van der Waals surface area contributed by atoms with Gasteiger partial charge in [0, 0.05) is 26.3 Å². The molecule has 1 aliphatic heterocycles. The highest BCUT2D eigenvalue weighted by Crippen LogP contribution is 2.44. The molecule has 2 aromatic carbocycles. The molecule has 188 valence electrons. The number of nitriles is 1. The first-order valence-electron chi connectivity index (χ1n) is 11.1. The van der Waals surface area contributed by atoms with Gasteiger partial charge in [-0.3, -0.25) is 4.90 Å². The van der Waals surface area contributed by atoms with E-state index in [0.29, 0.717) is 30.8 Å². The first-order valence-corrected chi connectivity index (χ1v) is 11.1. The minimum absolute atomic E-state index is 0.0103. The molecular weight excluding hydrogens is 467 g/mol. The molecule has 1 atom stereocenters. The number of rotatable bonds is 9. The van der Waals surface area contributed by atoms with E-state index in [1.807, 2.05) is 0 Å². The largest absolute Gasteiger partial charge is 0.466 e. The summed E-state index contributed by atoms with van der Waals surface area (Å²) in [4.78, 5) is 27.5. The topological polar surface area (TPSA) is 127 Å². The van der Waals surface area contributed by atoms with Gasteiger partial charge in [0.1, 0.15) is 17.3 Å². The van der Waals surface area contributed by atoms with E-state index in [1.165, 1.54) is 12.1 Å². The van der Waals surface area contributed by atoms with Crippen molar-refractivity contribution < 1.29 is 28.2 Å². The van der Waals surface area contributed by atoms with E-state index in [2.05, 4.69) is 11.4 Å². The van der Waals surface area contributed by atoms with E-state index in [-0.39, 0.29) is 28.4 Å². The minimum atomic E-state index is -1.01. The van der Waals surface area contributed by atoms with Gasteiger partial charge in [0.25, 0.3) is 0 Å². The molecule has 0 aliphatic carbocycles. The molecule has 9 nitrogen and oxygen atoms in total. The summed E-state index contributed by atoms with van der Waals surface area (Å²) in [5, 5.41) is 13.3. The summed E-state index contributed by atoms with van der Waals surface area (Å²) >= 11 is 0. The zero-order valence-corrected chi connectivity index (χ0v) is 20.2. The van der Waals surface area contributed by atoms with E-state index in [1.54, 1.807) is 37.4 Å². The number of hydrogen-bond acceptors (Lipinski definition) is 9. The van der Waals surface area contributed by atoms with Crippen LogP contribution in [0.15, 0.2) is 71.2 Å². The smallest absolute Gasteiger partial charge is 0.355 e. The van der Waals surface area contributed by atoms with Gasteiger partial charge in [-0.05, 0) is 24.1 Å². The number of methoxy groups -OCH3 is 3. The molecule has 36 heavy (non-hydrogen) atoms. The van der Waals surface area contributed by atoms with E-state index < -0.39 is 23.7 Å². The molecular formula is C26H27FN4O5. The molecule has 1 heterocycles. The number of ether oxygens (including phenoxy) is 3. The molecule has 3 N–H and O–H groups in total.